The lowest BCUT2D eigenvalue weighted by molar-refractivity contribution is 0.119. The highest BCUT2D eigenvalue weighted by molar-refractivity contribution is 5.89. The molecule has 0 radical (unpaired) electrons. The predicted octanol–water partition coefficient (Wildman–Crippen LogP) is 2.90. The molecule has 0 heterocycles. The number of amides is 2. The van der Waals surface area contributed by atoms with Crippen molar-refractivity contribution in [2.75, 3.05) is 25.5 Å². The van der Waals surface area contributed by atoms with Crippen molar-refractivity contribution in [2.24, 2.45) is 0 Å². The SMILES string of the molecule is CCCNC(C)c1cccc(NC(=O)NCC(C)OC)c1. The Morgan fingerprint density at radius 2 is 2.10 bits per heavy atom. The maximum Gasteiger partial charge on any atom is 0.319 e. The van der Waals surface area contributed by atoms with Crippen molar-refractivity contribution in [1.82, 2.24) is 10.6 Å². The van der Waals surface area contributed by atoms with E-state index < -0.39 is 0 Å². The molecule has 118 valence electrons. The molecule has 5 nitrogen and oxygen atoms in total. The fraction of sp³-hybridized carbons (Fsp3) is 0.562. The summed E-state index contributed by atoms with van der Waals surface area (Å²) >= 11 is 0. The average molecular weight is 293 g/mol. The first-order valence-corrected chi connectivity index (χ1v) is 7.47. The number of hydrogen-bond acceptors (Lipinski definition) is 3. The molecule has 5 heteroatoms. The van der Waals surface area contributed by atoms with Crippen LogP contribution in [0.15, 0.2) is 24.3 Å². The van der Waals surface area contributed by atoms with E-state index >= 15 is 0 Å². The summed E-state index contributed by atoms with van der Waals surface area (Å²) in [5.41, 5.74) is 1.95. The molecule has 1 aromatic carbocycles. The largest absolute Gasteiger partial charge is 0.380 e. The first-order valence-electron chi connectivity index (χ1n) is 7.47. The molecule has 0 saturated carbocycles. The van der Waals surface area contributed by atoms with E-state index in [2.05, 4.69) is 35.9 Å². The van der Waals surface area contributed by atoms with Gasteiger partial charge in [-0.05, 0) is 44.5 Å². The van der Waals surface area contributed by atoms with Crippen LogP contribution in [0, 0.1) is 0 Å². The fourth-order valence-electron chi connectivity index (χ4n) is 1.86. The second kappa shape index (κ2) is 9.37. The molecule has 0 aromatic heterocycles. The van der Waals surface area contributed by atoms with E-state index in [-0.39, 0.29) is 18.2 Å². The first-order chi connectivity index (χ1) is 10.1. The van der Waals surface area contributed by atoms with Gasteiger partial charge in [0, 0.05) is 25.4 Å². The molecule has 0 fully saturated rings. The second-order valence-corrected chi connectivity index (χ2v) is 5.18. The zero-order valence-electron chi connectivity index (χ0n) is 13.4. The summed E-state index contributed by atoms with van der Waals surface area (Å²) in [4.78, 5) is 11.8. The minimum absolute atomic E-state index is 0.000324. The summed E-state index contributed by atoms with van der Waals surface area (Å²) in [6.45, 7) is 7.63. The second-order valence-electron chi connectivity index (χ2n) is 5.18. The lowest BCUT2D eigenvalue weighted by Crippen LogP contribution is -2.34. The molecule has 0 saturated heterocycles. The van der Waals surface area contributed by atoms with Crippen LogP contribution in [0.25, 0.3) is 0 Å². The molecular formula is C16H27N3O2. The van der Waals surface area contributed by atoms with Crippen LogP contribution >= 0.6 is 0 Å². The minimum Gasteiger partial charge on any atom is -0.380 e. The molecule has 0 aliphatic heterocycles. The summed E-state index contributed by atoms with van der Waals surface area (Å²) in [7, 11) is 1.62. The highest BCUT2D eigenvalue weighted by Crippen LogP contribution is 2.17. The van der Waals surface area contributed by atoms with E-state index in [0.717, 1.165) is 24.2 Å². The molecule has 0 bridgehead atoms. The zero-order chi connectivity index (χ0) is 15.7. The molecule has 2 amide bonds. The van der Waals surface area contributed by atoms with Crippen LogP contribution in [0.1, 0.15) is 38.8 Å². The van der Waals surface area contributed by atoms with Crippen LogP contribution in [0.2, 0.25) is 0 Å². The van der Waals surface area contributed by atoms with Crippen LogP contribution < -0.4 is 16.0 Å². The Hall–Kier alpha value is -1.59. The van der Waals surface area contributed by atoms with E-state index in [0.29, 0.717) is 6.54 Å². The minimum atomic E-state index is -0.217. The van der Waals surface area contributed by atoms with Crippen LogP contribution in [-0.4, -0.2) is 32.3 Å². The fourth-order valence-corrected chi connectivity index (χ4v) is 1.86. The molecule has 3 N–H and O–H groups in total. The van der Waals surface area contributed by atoms with E-state index in [1.807, 2.05) is 25.1 Å². The monoisotopic (exact) mass is 293 g/mol. The summed E-state index contributed by atoms with van der Waals surface area (Å²) in [6, 6.07) is 7.94. The Morgan fingerprint density at radius 3 is 2.76 bits per heavy atom. The number of carbonyl (C=O) groups excluding carboxylic acids is 1. The Morgan fingerprint density at radius 1 is 1.33 bits per heavy atom. The van der Waals surface area contributed by atoms with Gasteiger partial charge in [0.15, 0.2) is 0 Å². The van der Waals surface area contributed by atoms with Gasteiger partial charge in [0.05, 0.1) is 6.10 Å². The number of nitrogens with one attached hydrogen (secondary N) is 3. The van der Waals surface area contributed by atoms with Crippen molar-refractivity contribution in [3.8, 4) is 0 Å². The van der Waals surface area contributed by atoms with Gasteiger partial charge in [-0.15, -0.1) is 0 Å². The lowest BCUT2D eigenvalue weighted by atomic mass is 10.1. The Labute approximate surface area is 127 Å². The summed E-state index contributed by atoms with van der Waals surface area (Å²) in [5.74, 6) is 0. The Kier molecular flexibility index (Phi) is 7.79. The highest BCUT2D eigenvalue weighted by Gasteiger charge is 2.07. The van der Waals surface area contributed by atoms with E-state index in [1.54, 1.807) is 7.11 Å². The highest BCUT2D eigenvalue weighted by atomic mass is 16.5. The number of benzene rings is 1. The molecule has 1 aromatic rings. The van der Waals surface area contributed by atoms with Gasteiger partial charge in [-0.25, -0.2) is 4.79 Å². The van der Waals surface area contributed by atoms with E-state index in [4.69, 9.17) is 4.74 Å². The number of ether oxygens (including phenoxy) is 1. The number of hydrogen-bond donors (Lipinski definition) is 3. The summed E-state index contributed by atoms with van der Waals surface area (Å²) in [5, 5.41) is 9.05. The third kappa shape index (κ3) is 6.60. The van der Waals surface area contributed by atoms with E-state index in [1.165, 1.54) is 0 Å². The average Bonchev–Trinajstić information content (AvgIpc) is 2.50. The molecule has 2 atom stereocenters. The Balaban J connectivity index is 2.53. The molecule has 1 rings (SSSR count). The van der Waals surface area contributed by atoms with Crippen molar-refractivity contribution >= 4 is 11.7 Å². The third-order valence-electron chi connectivity index (χ3n) is 3.30. The van der Waals surface area contributed by atoms with Crippen LogP contribution in [0.4, 0.5) is 10.5 Å². The summed E-state index contributed by atoms with van der Waals surface area (Å²) < 4.78 is 5.09. The molecule has 0 aliphatic rings. The number of urea groups is 1. The standard InChI is InChI=1S/C16H27N3O2/c1-5-9-17-13(3)14-7-6-8-15(10-14)19-16(20)18-11-12(2)21-4/h6-8,10,12-13,17H,5,9,11H2,1-4H3,(H2,18,19,20). The quantitative estimate of drug-likeness (QED) is 0.690. The Bertz CT molecular complexity index is 437. The van der Waals surface area contributed by atoms with Crippen molar-refractivity contribution in [3.05, 3.63) is 29.8 Å². The number of carbonyl (C=O) groups is 1. The van der Waals surface area contributed by atoms with Gasteiger partial charge in [-0.3, -0.25) is 0 Å². The van der Waals surface area contributed by atoms with Crippen molar-refractivity contribution < 1.29 is 9.53 Å². The van der Waals surface area contributed by atoms with Gasteiger partial charge >= 0.3 is 6.03 Å². The van der Waals surface area contributed by atoms with Crippen LogP contribution in [-0.2, 0) is 4.74 Å². The first kappa shape index (κ1) is 17.5. The van der Waals surface area contributed by atoms with Crippen molar-refractivity contribution in [3.63, 3.8) is 0 Å². The normalized spacial score (nSPS) is 13.5. The third-order valence-corrected chi connectivity index (χ3v) is 3.30. The predicted molar refractivity (Wildman–Crippen MR) is 86.6 cm³/mol. The van der Waals surface area contributed by atoms with Gasteiger partial charge in [0.25, 0.3) is 0 Å². The van der Waals surface area contributed by atoms with Gasteiger partial charge in [0.1, 0.15) is 0 Å². The van der Waals surface area contributed by atoms with Gasteiger partial charge in [0.2, 0.25) is 0 Å². The van der Waals surface area contributed by atoms with Crippen molar-refractivity contribution in [2.45, 2.75) is 39.3 Å². The molecular weight excluding hydrogens is 266 g/mol. The van der Waals surface area contributed by atoms with Gasteiger partial charge in [-0.1, -0.05) is 19.1 Å². The van der Waals surface area contributed by atoms with Crippen molar-refractivity contribution in [1.29, 1.82) is 0 Å². The molecule has 2 unspecified atom stereocenters. The lowest BCUT2D eigenvalue weighted by Gasteiger charge is -2.15. The maximum absolute atomic E-state index is 11.8. The van der Waals surface area contributed by atoms with Gasteiger partial charge < -0.3 is 20.7 Å². The molecule has 0 spiro atoms. The smallest absolute Gasteiger partial charge is 0.319 e. The zero-order valence-corrected chi connectivity index (χ0v) is 13.4. The van der Waals surface area contributed by atoms with Gasteiger partial charge in [-0.2, -0.15) is 0 Å². The number of anilines is 1. The van der Waals surface area contributed by atoms with Crippen LogP contribution in [0.3, 0.4) is 0 Å². The number of rotatable bonds is 8. The summed E-state index contributed by atoms with van der Waals surface area (Å²) in [6.07, 6.45) is 1.10. The topological polar surface area (TPSA) is 62.4 Å². The molecule has 0 aliphatic carbocycles. The maximum atomic E-state index is 11.8. The van der Waals surface area contributed by atoms with E-state index in [9.17, 15) is 4.79 Å². The van der Waals surface area contributed by atoms with Crippen LogP contribution in [0.5, 0.6) is 0 Å². The molecule has 21 heavy (non-hydrogen) atoms. The number of methoxy groups -OCH3 is 1.